The molecule has 0 radical (unpaired) electrons. The maximum absolute atomic E-state index is 6.01. The molecule has 1 aliphatic rings. The van der Waals surface area contributed by atoms with E-state index in [1.54, 1.807) is 0 Å². The lowest BCUT2D eigenvalue weighted by Crippen LogP contribution is -2.37. The molecule has 0 saturated carbocycles. The van der Waals surface area contributed by atoms with Gasteiger partial charge in [0.1, 0.15) is 0 Å². The summed E-state index contributed by atoms with van der Waals surface area (Å²) in [6, 6.07) is 8.73. The smallest absolute Gasteiger partial charge is 0.0480 e. The number of ether oxygens (including phenoxy) is 1. The highest BCUT2D eigenvalue weighted by molar-refractivity contribution is 6.30. The third-order valence-electron chi connectivity index (χ3n) is 4.29. The first-order chi connectivity index (χ1) is 10.1. The normalized spacial score (nSPS) is 17.9. The molecular weight excluding hydrogens is 282 g/mol. The molecule has 1 aliphatic heterocycles. The van der Waals surface area contributed by atoms with Gasteiger partial charge in [-0.15, -0.1) is 0 Å². The van der Waals surface area contributed by atoms with E-state index in [9.17, 15) is 0 Å². The van der Waals surface area contributed by atoms with Crippen molar-refractivity contribution in [1.82, 2.24) is 5.32 Å². The quantitative estimate of drug-likeness (QED) is 0.786. The topological polar surface area (TPSA) is 21.3 Å². The molecule has 116 valence electrons. The van der Waals surface area contributed by atoms with Crippen LogP contribution in [0.5, 0.6) is 0 Å². The molecule has 0 aromatic heterocycles. The second-order valence-electron chi connectivity index (χ2n) is 6.13. The van der Waals surface area contributed by atoms with E-state index in [0.29, 0.717) is 17.9 Å². The SMILES string of the molecule is C=C(C(C)C)[C@H](CNC1CCOCC1)c1ccc(Cl)cc1. The van der Waals surface area contributed by atoms with Gasteiger partial charge in [-0.1, -0.05) is 49.7 Å². The first-order valence-corrected chi connectivity index (χ1v) is 8.21. The minimum Gasteiger partial charge on any atom is -0.381 e. The Morgan fingerprint density at radius 2 is 1.90 bits per heavy atom. The minimum atomic E-state index is 0.338. The number of hydrogen-bond donors (Lipinski definition) is 1. The zero-order valence-electron chi connectivity index (χ0n) is 13.1. The predicted molar refractivity (Wildman–Crippen MR) is 90.0 cm³/mol. The Morgan fingerprint density at radius 3 is 2.48 bits per heavy atom. The van der Waals surface area contributed by atoms with Gasteiger partial charge in [0.2, 0.25) is 0 Å². The highest BCUT2D eigenvalue weighted by atomic mass is 35.5. The molecule has 1 aromatic rings. The molecule has 1 heterocycles. The van der Waals surface area contributed by atoms with Crippen LogP contribution in [-0.4, -0.2) is 25.8 Å². The van der Waals surface area contributed by atoms with Gasteiger partial charge < -0.3 is 10.1 Å². The first kappa shape index (κ1) is 16.5. The van der Waals surface area contributed by atoms with Crippen LogP contribution in [0.4, 0.5) is 0 Å². The van der Waals surface area contributed by atoms with Crippen molar-refractivity contribution in [1.29, 1.82) is 0 Å². The molecule has 2 rings (SSSR count). The van der Waals surface area contributed by atoms with Crippen LogP contribution in [0, 0.1) is 5.92 Å². The van der Waals surface area contributed by atoms with Crippen LogP contribution in [-0.2, 0) is 4.74 Å². The average molecular weight is 308 g/mol. The van der Waals surface area contributed by atoms with Gasteiger partial charge in [-0.25, -0.2) is 0 Å². The number of hydrogen-bond acceptors (Lipinski definition) is 2. The van der Waals surface area contributed by atoms with Crippen molar-refractivity contribution in [3.05, 3.63) is 47.0 Å². The zero-order chi connectivity index (χ0) is 15.2. The van der Waals surface area contributed by atoms with Crippen LogP contribution < -0.4 is 5.32 Å². The van der Waals surface area contributed by atoms with Crippen LogP contribution in [0.1, 0.15) is 38.2 Å². The van der Waals surface area contributed by atoms with E-state index in [0.717, 1.165) is 37.6 Å². The minimum absolute atomic E-state index is 0.338. The first-order valence-electron chi connectivity index (χ1n) is 7.83. The lowest BCUT2D eigenvalue weighted by Gasteiger charge is -2.28. The maximum Gasteiger partial charge on any atom is 0.0480 e. The van der Waals surface area contributed by atoms with Gasteiger partial charge in [0, 0.05) is 36.7 Å². The molecular formula is C18H26ClNO. The van der Waals surface area contributed by atoms with E-state index in [-0.39, 0.29) is 0 Å². The summed E-state index contributed by atoms with van der Waals surface area (Å²) >= 11 is 6.01. The Kier molecular flexibility index (Phi) is 6.28. The number of nitrogens with one attached hydrogen (secondary N) is 1. The summed E-state index contributed by atoms with van der Waals surface area (Å²) in [5.74, 6) is 0.812. The van der Waals surface area contributed by atoms with Gasteiger partial charge in [-0.3, -0.25) is 0 Å². The molecule has 0 unspecified atom stereocenters. The molecule has 2 nitrogen and oxygen atoms in total. The largest absolute Gasteiger partial charge is 0.381 e. The molecule has 0 spiro atoms. The highest BCUT2D eigenvalue weighted by Crippen LogP contribution is 2.29. The summed E-state index contributed by atoms with van der Waals surface area (Å²) in [5, 5.41) is 4.48. The van der Waals surface area contributed by atoms with Crippen molar-refractivity contribution in [3.8, 4) is 0 Å². The van der Waals surface area contributed by atoms with Gasteiger partial charge in [0.15, 0.2) is 0 Å². The van der Waals surface area contributed by atoms with Gasteiger partial charge in [-0.2, -0.15) is 0 Å². The van der Waals surface area contributed by atoms with Crippen molar-refractivity contribution in [3.63, 3.8) is 0 Å². The summed E-state index contributed by atoms with van der Waals surface area (Å²) in [4.78, 5) is 0. The summed E-state index contributed by atoms with van der Waals surface area (Å²) in [5.41, 5.74) is 2.56. The number of rotatable bonds is 6. The molecule has 1 aromatic carbocycles. The molecule has 1 atom stereocenters. The summed E-state index contributed by atoms with van der Waals surface area (Å²) in [7, 11) is 0. The Hall–Kier alpha value is -0.830. The third-order valence-corrected chi connectivity index (χ3v) is 4.55. The van der Waals surface area contributed by atoms with Crippen LogP contribution >= 0.6 is 11.6 Å². The zero-order valence-corrected chi connectivity index (χ0v) is 13.8. The third kappa shape index (κ3) is 4.84. The van der Waals surface area contributed by atoms with Crippen molar-refractivity contribution in [2.75, 3.05) is 19.8 Å². The number of halogens is 1. The lowest BCUT2D eigenvalue weighted by atomic mass is 9.85. The Labute approximate surface area is 133 Å². The van der Waals surface area contributed by atoms with E-state index in [4.69, 9.17) is 16.3 Å². The van der Waals surface area contributed by atoms with Crippen LogP contribution in [0.15, 0.2) is 36.4 Å². The Morgan fingerprint density at radius 1 is 1.29 bits per heavy atom. The van der Waals surface area contributed by atoms with E-state index < -0.39 is 0 Å². The Balaban J connectivity index is 2.04. The molecule has 0 bridgehead atoms. The van der Waals surface area contributed by atoms with Crippen molar-refractivity contribution < 1.29 is 4.74 Å². The molecule has 3 heteroatoms. The van der Waals surface area contributed by atoms with Crippen molar-refractivity contribution in [2.24, 2.45) is 5.92 Å². The van der Waals surface area contributed by atoms with E-state index in [2.05, 4.69) is 37.9 Å². The molecule has 0 amide bonds. The van der Waals surface area contributed by atoms with Crippen LogP contribution in [0.25, 0.3) is 0 Å². The molecule has 1 fully saturated rings. The van der Waals surface area contributed by atoms with Gasteiger partial charge in [0.25, 0.3) is 0 Å². The monoisotopic (exact) mass is 307 g/mol. The maximum atomic E-state index is 6.01. The van der Waals surface area contributed by atoms with Gasteiger partial charge >= 0.3 is 0 Å². The van der Waals surface area contributed by atoms with Crippen LogP contribution in [0.3, 0.4) is 0 Å². The lowest BCUT2D eigenvalue weighted by molar-refractivity contribution is 0.0778. The average Bonchev–Trinajstić information content (AvgIpc) is 2.50. The van der Waals surface area contributed by atoms with Crippen molar-refractivity contribution in [2.45, 2.75) is 38.6 Å². The molecule has 21 heavy (non-hydrogen) atoms. The highest BCUT2D eigenvalue weighted by Gasteiger charge is 2.20. The fourth-order valence-corrected chi connectivity index (χ4v) is 2.87. The second kappa shape index (κ2) is 7.98. The number of benzene rings is 1. The molecule has 1 N–H and O–H groups in total. The van der Waals surface area contributed by atoms with Gasteiger partial charge in [-0.05, 0) is 36.5 Å². The second-order valence-corrected chi connectivity index (χ2v) is 6.57. The summed E-state index contributed by atoms with van der Waals surface area (Å²) < 4.78 is 5.42. The Bertz CT molecular complexity index is 449. The van der Waals surface area contributed by atoms with Gasteiger partial charge in [0.05, 0.1) is 0 Å². The predicted octanol–water partition coefficient (Wildman–Crippen LogP) is 4.40. The molecule has 1 saturated heterocycles. The molecule has 0 aliphatic carbocycles. The summed E-state index contributed by atoms with van der Waals surface area (Å²) in [6.07, 6.45) is 2.20. The van der Waals surface area contributed by atoms with Crippen molar-refractivity contribution >= 4 is 11.6 Å². The van der Waals surface area contributed by atoms with E-state index in [1.807, 2.05) is 12.1 Å². The standard InChI is InChI=1S/C18H26ClNO/c1-13(2)14(3)18(15-4-6-16(19)7-5-15)12-20-17-8-10-21-11-9-17/h4-7,13,17-18,20H,3,8-12H2,1-2H3/t18-/m0/s1. The van der Waals surface area contributed by atoms with E-state index in [1.165, 1.54) is 11.1 Å². The fraction of sp³-hybridized carbons (Fsp3) is 0.556. The van der Waals surface area contributed by atoms with Crippen LogP contribution in [0.2, 0.25) is 5.02 Å². The summed E-state index contributed by atoms with van der Waals surface area (Å²) in [6.45, 7) is 11.4. The fourth-order valence-electron chi connectivity index (χ4n) is 2.75. The van der Waals surface area contributed by atoms with E-state index >= 15 is 0 Å².